The number of hydrogen-bond donors (Lipinski definition) is 1. The Morgan fingerprint density at radius 1 is 1.21 bits per heavy atom. The molecule has 0 bridgehead atoms. The number of benzene rings is 2. The van der Waals surface area contributed by atoms with Crippen molar-refractivity contribution in [3.05, 3.63) is 73.8 Å². The molecule has 0 spiro atoms. The number of hydrogen-bond acceptors (Lipinski definition) is 4. The van der Waals surface area contributed by atoms with E-state index >= 15 is 0 Å². The van der Waals surface area contributed by atoms with Crippen molar-refractivity contribution in [2.45, 2.75) is 5.75 Å². The molecule has 1 N–H and O–H groups in total. The predicted octanol–water partition coefficient (Wildman–Crippen LogP) is 4.56. The number of nitro groups is 1. The van der Waals surface area contributed by atoms with E-state index in [9.17, 15) is 14.9 Å². The summed E-state index contributed by atoms with van der Waals surface area (Å²) in [6, 6.07) is 11.4. The highest BCUT2D eigenvalue weighted by molar-refractivity contribution is 7.98. The fourth-order valence-electron chi connectivity index (χ4n) is 1.95. The Labute approximate surface area is 153 Å². The minimum absolute atomic E-state index is 0.103. The van der Waals surface area contributed by atoms with E-state index in [1.807, 2.05) is 24.3 Å². The molecule has 5 nitrogen and oxygen atoms in total. The third kappa shape index (κ3) is 5.40. The summed E-state index contributed by atoms with van der Waals surface area (Å²) in [5, 5.41) is 14.4. The van der Waals surface area contributed by atoms with Crippen LogP contribution < -0.4 is 5.32 Å². The highest BCUT2D eigenvalue weighted by Gasteiger charge is 2.15. The van der Waals surface area contributed by atoms with Crippen LogP contribution in [0.25, 0.3) is 0 Å². The molecule has 8 heteroatoms. The molecule has 0 aliphatic rings. The highest BCUT2D eigenvalue weighted by Crippen LogP contribution is 2.22. The van der Waals surface area contributed by atoms with Gasteiger partial charge in [-0.25, -0.2) is 0 Å². The van der Waals surface area contributed by atoms with E-state index in [-0.39, 0.29) is 16.3 Å². The first-order chi connectivity index (χ1) is 11.5. The third-order valence-electron chi connectivity index (χ3n) is 3.10. The number of non-ortho nitro benzene ring substituents is 1. The second-order valence-corrected chi connectivity index (χ2v) is 6.81. The lowest BCUT2D eigenvalue weighted by molar-refractivity contribution is -0.384. The summed E-state index contributed by atoms with van der Waals surface area (Å²) in [7, 11) is 0. The fraction of sp³-hybridized carbons (Fsp3) is 0.188. The lowest BCUT2D eigenvalue weighted by atomic mass is 10.2. The average molecular weight is 385 g/mol. The number of nitrogens with one attached hydrogen (secondary N) is 1. The minimum atomic E-state index is -0.562. The summed E-state index contributed by atoms with van der Waals surface area (Å²) in [5.74, 6) is 1.06. The molecular formula is C16H14Cl2N2O3S. The number of nitro benzene ring substituents is 1. The van der Waals surface area contributed by atoms with Crippen LogP contribution >= 0.6 is 35.0 Å². The van der Waals surface area contributed by atoms with Gasteiger partial charge in [-0.1, -0.05) is 35.3 Å². The Balaban J connectivity index is 1.81. The largest absolute Gasteiger partial charge is 0.351 e. The predicted molar refractivity (Wildman–Crippen MR) is 98.1 cm³/mol. The summed E-state index contributed by atoms with van der Waals surface area (Å²) in [5.41, 5.74) is 1.05. The molecule has 0 atom stereocenters. The second-order valence-electron chi connectivity index (χ2n) is 4.86. The molecule has 0 fully saturated rings. The standard InChI is InChI=1S/C16H14Cl2N2O3S/c17-12-3-1-2-11(8-12)10-24-7-6-19-16(21)14-9-13(20(22)23)4-5-15(14)18/h1-5,8-9H,6-7,10H2,(H,19,21). The zero-order valence-electron chi connectivity index (χ0n) is 12.5. The lowest BCUT2D eigenvalue weighted by Crippen LogP contribution is -2.26. The maximum atomic E-state index is 12.1. The van der Waals surface area contributed by atoms with E-state index in [2.05, 4.69) is 5.32 Å². The molecule has 0 saturated carbocycles. The van der Waals surface area contributed by atoms with Gasteiger partial charge in [0.15, 0.2) is 0 Å². The van der Waals surface area contributed by atoms with Crippen molar-refractivity contribution in [2.75, 3.05) is 12.3 Å². The van der Waals surface area contributed by atoms with Gasteiger partial charge in [-0.15, -0.1) is 0 Å². The van der Waals surface area contributed by atoms with E-state index in [4.69, 9.17) is 23.2 Å². The number of carbonyl (C=O) groups is 1. The number of rotatable bonds is 7. The molecule has 0 aliphatic heterocycles. The zero-order valence-corrected chi connectivity index (χ0v) is 14.8. The van der Waals surface area contributed by atoms with E-state index in [0.717, 1.165) is 11.3 Å². The van der Waals surface area contributed by atoms with Crippen molar-refractivity contribution in [3.63, 3.8) is 0 Å². The molecule has 24 heavy (non-hydrogen) atoms. The number of thioether (sulfide) groups is 1. The Morgan fingerprint density at radius 2 is 2.00 bits per heavy atom. The quantitative estimate of drug-likeness (QED) is 0.431. The number of nitrogens with zero attached hydrogens (tertiary/aromatic N) is 1. The first kappa shape index (κ1) is 18.6. The van der Waals surface area contributed by atoms with Gasteiger partial charge in [0.05, 0.1) is 15.5 Å². The molecule has 0 aliphatic carbocycles. The minimum Gasteiger partial charge on any atom is -0.351 e. The normalized spacial score (nSPS) is 10.4. The van der Waals surface area contributed by atoms with Gasteiger partial charge in [0.1, 0.15) is 0 Å². The Bertz CT molecular complexity index is 756. The van der Waals surface area contributed by atoms with Gasteiger partial charge in [-0.3, -0.25) is 14.9 Å². The van der Waals surface area contributed by atoms with Crippen LogP contribution in [0.15, 0.2) is 42.5 Å². The summed E-state index contributed by atoms with van der Waals surface area (Å²) in [6.07, 6.45) is 0. The number of carbonyl (C=O) groups excluding carboxylic acids is 1. The van der Waals surface area contributed by atoms with Gasteiger partial charge in [0.2, 0.25) is 0 Å². The number of halogens is 2. The first-order valence-electron chi connectivity index (χ1n) is 7.01. The van der Waals surface area contributed by atoms with Gasteiger partial charge in [-0.05, 0) is 23.8 Å². The maximum Gasteiger partial charge on any atom is 0.270 e. The molecule has 0 saturated heterocycles. The van der Waals surface area contributed by atoms with Crippen LogP contribution in [0.2, 0.25) is 10.0 Å². The highest BCUT2D eigenvalue weighted by atomic mass is 35.5. The Kier molecular flexibility index (Phi) is 6.90. The van der Waals surface area contributed by atoms with Crippen LogP contribution in [0.1, 0.15) is 15.9 Å². The van der Waals surface area contributed by atoms with Crippen molar-refractivity contribution >= 4 is 46.6 Å². The first-order valence-corrected chi connectivity index (χ1v) is 8.93. The SMILES string of the molecule is O=C(NCCSCc1cccc(Cl)c1)c1cc([N+](=O)[O-])ccc1Cl. The molecule has 1 amide bonds. The van der Waals surface area contributed by atoms with Gasteiger partial charge < -0.3 is 5.32 Å². The third-order valence-corrected chi connectivity index (χ3v) is 4.69. The van der Waals surface area contributed by atoms with E-state index in [1.54, 1.807) is 11.8 Å². The van der Waals surface area contributed by atoms with Crippen molar-refractivity contribution in [1.82, 2.24) is 5.32 Å². The fourth-order valence-corrected chi connectivity index (χ4v) is 3.17. The van der Waals surface area contributed by atoms with Gasteiger partial charge >= 0.3 is 0 Å². The lowest BCUT2D eigenvalue weighted by Gasteiger charge is -2.07. The van der Waals surface area contributed by atoms with Crippen LogP contribution in [-0.4, -0.2) is 23.1 Å². The van der Waals surface area contributed by atoms with Crippen molar-refractivity contribution in [2.24, 2.45) is 0 Å². The van der Waals surface area contributed by atoms with Crippen molar-refractivity contribution < 1.29 is 9.72 Å². The molecular weight excluding hydrogens is 371 g/mol. The molecule has 2 rings (SSSR count). The topological polar surface area (TPSA) is 72.2 Å². The summed E-state index contributed by atoms with van der Waals surface area (Å²) >= 11 is 13.5. The van der Waals surface area contributed by atoms with Gasteiger partial charge in [0.25, 0.3) is 11.6 Å². The van der Waals surface area contributed by atoms with Crippen LogP contribution in [0, 0.1) is 10.1 Å². The number of amides is 1. The molecule has 0 radical (unpaired) electrons. The molecule has 0 unspecified atom stereocenters. The Morgan fingerprint density at radius 3 is 2.71 bits per heavy atom. The van der Waals surface area contributed by atoms with Gasteiger partial charge in [-0.2, -0.15) is 11.8 Å². The van der Waals surface area contributed by atoms with Crippen LogP contribution in [0.3, 0.4) is 0 Å². The van der Waals surface area contributed by atoms with Crippen molar-refractivity contribution in [1.29, 1.82) is 0 Å². The molecule has 2 aromatic rings. The van der Waals surface area contributed by atoms with E-state index < -0.39 is 10.8 Å². The average Bonchev–Trinajstić information content (AvgIpc) is 2.54. The molecule has 2 aromatic carbocycles. The maximum absolute atomic E-state index is 12.1. The molecule has 0 aromatic heterocycles. The monoisotopic (exact) mass is 384 g/mol. The summed E-state index contributed by atoms with van der Waals surface area (Å²) in [6.45, 7) is 0.434. The van der Waals surface area contributed by atoms with E-state index in [1.165, 1.54) is 18.2 Å². The van der Waals surface area contributed by atoms with Crippen LogP contribution in [-0.2, 0) is 5.75 Å². The van der Waals surface area contributed by atoms with Crippen molar-refractivity contribution in [3.8, 4) is 0 Å². The zero-order chi connectivity index (χ0) is 17.5. The van der Waals surface area contributed by atoms with E-state index in [0.29, 0.717) is 17.3 Å². The summed E-state index contributed by atoms with van der Waals surface area (Å²) < 4.78 is 0. The Hall–Kier alpha value is -1.76. The van der Waals surface area contributed by atoms with Gasteiger partial charge in [0, 0.05) is 35.2 Å². The second kappa shape index (κ2) is 8.92. The summed E-state index contributed by atoms with van der Waals surface area (Å²) in [4.78, 5) is 22.3. The van der Waals surface area contributed by atoms with Crippen LogP contribution in [0.4, 0.5) is 5.69 Å². The smallest absolute Gasteiger partial charge is 0.270 e. The molecule has 0 heterocycles. The molecule has 126 valence electrons. The van der Waals surface area contributed by atoms with Crippen LogP contribution in [0.5, 0.6) is 0 Å².